The van der Waals surface area contributed by atoms with E-state index in [0.29, 0.717) is 11.6 Å². The summed E-state index contributed by atoms with van der Waals surface area (Å²) in [6.45, 7) is 3.13. The van der Waals surface area contributed by atoms with E-state index in [1.54, 1.807) is 30.7 Å². The Hall–Kier alpha value is -2.70. The molecule has 32 heavy (non-hydrogen) atoms. The van der Waals surface area contributed by atoms with Crippen LogP contribution in [0.1, 0.15) is 34.5 Å². The Balaban J connectivity index is 1.49. The number of methoxy groups -OCH3 is 1. The van der Waals surface area contributed by atoms with Crippen molar-refractivity contribution in [3.8, 4) is 5.75 Å². The van der Waals surface area contributed by atoms with Gasteiger partial charge in [-0.2, -0.15) is 11.3 Å². The van der Waals surface area contributed by atoms with Crippen molar-refractivity contribution in [1.29, 1.82) is 0 Å². The van der Waals surface area contributed by atoms with E-state index in [1.165, 1.54) is 11.1 Å². The fraction of sp³-hybridized carbons (Fsp3) is 0.385. The number of hydrogen-bond donors (Lipinski definition) is 0. The van der Waals surface area contributed by atoms with Crippen molar-refractivity contribution in [3.05, 3.63) is 82.3 Å². The van der Waals surface area contributed by atoms with Crippen LogP contribution in [0.15, 0.2) is 65.5 Å². The molecule has 2 aromatic heterocycles. The van der Waals surface area contributed by atoms with Crippen LogP contribution in [0.25, 0.3) is 0 Å². The third-order valence-corrected chi connectivity index (χ3v) is 7.18. The summed E-state index contributed by atoms with van der Waals surface area (Å²) in [6.07, 6.45) is 4.65. The van der Waals surface area contributed by atoms with E-state index in [0.717, 1.165) is 44.6 Å². The third-order valence-electron chi connectivity index (χ3n) is 6.44. The van der Waals surface area contributed by atoms with Gasteiger partial charge in [0.2, 0.25) is 0 Å². The number of benzene rings is 1. The minimum absolute atomic E-state index is 0.0146. The number of piperidine rings is 1. The number of carbonyl (C=O) groups excluding carboxylic acids is 1. The second-order valence-electron chi connectivity index (χ2n) is 8.50. The summed E-state index contributed by atoms with van der Waals surface area (Å²) in [5.74, 6) is 1.28. The number of thiophene rings is 1. The van der Waals surface area contributed by atoms with Crippen molar-refractivity contribution in [3.63, 3.8) is 0 Å². The number of hydrogen-bond acceptors (Lipinski definition) is 5. The van der Waals surface area contributed by atoms with Gasteiger partial charge in [-0.15, -0.1) is 0 Å². The van der Waals surface area contributed by atoms with E-state index in [9.17, 15) is 4.79 Å². The maximum atomic E-state index is 13.2. The molecule has 0 unspecified atom stereocenters. The number of pyridine rings is 1. The lowest BCUT2D eigenvalue weighted by Gasteiger charge is -2.40. The molecule has 1 aromatic carbocycles. The fourth-order valence-corrected chi connectivity index (χ4v) is 5.28. The number of ether oxygens (including phenoxy) is 1. The molecule has 6 heteroatoms. The lowest BCUT2D eigenvalue weighted by Crippen LogP contribution is -2.47. The maximum absolute atomic E-state index is 13.2. The molecule has 168 valence electrons. The smallest absolute Gasteiger partial charge is 0.272 e. The normalized spacial score (nSPS) is 15.9. The van der Waals surface area contributed by atoms with E-state index < -0.39 is 0 Å². The highest BCUT2D eigenvalue weighted by molar-refractivity contribution is 7.07. The highest BCUT2D eigenvalue weighted by Gasteiger charge is 2.32. The standard InChI is InChI=1S/C26H31N3O2S/c1-28(26(30)24-8-3-4-12-27-24)25(17-20-6-5-7-23(16-20)31-2)22-9-13-29(14-10-22)18-21-11-15-32-19-21/h3-8,11-12,15-16,19,22,25H,9-10,13-14,17-18H2,1-2H3/t25-/m0/s1. The van der Waals surface area contributed by atoms with Crippen molar-refractivity contribution in [1.82, 2.24) is 14.8 Å². The quantitative estimate of drug-likeness (QED) is 0.498. The van der Waals surface area contributed by atoms with Crippen LogP contribution in [0.5, 0.6) is 5.75 Å². The van der Waals surface area contributed by atoms with Gasteiger partial charge < -0.3 is 9.64 Å². The summed E-state index contributed by atoms with van der Waals surface area (Å²) in [6, 6.07) is 16.0. The molecule has 1 aliphatic heterocycles. The Labute approximate surface area is 194 Å². The van der Waals surface area contributed by atoms with Crippen LogP contribution in [0.4, 0.5) is 0 Å². The Morgan fingerprint density at radius 1 is 1.19 bits per heavy atom. The zero-order valence-corrected chi connectivity index (χ0v) is 19.6. The first kappa shape index (κ1) is 22.5. The highest BCUT2D eigenvalue weighted by Crippen LogP contribution is 2.29. The van der Waals surface area contributed by atoms with Gasteiger partial charge in [0.05, 0.1) is 7.11 Å². The summed E-state index contributed by atoms with van der Waals surface area (Å²) in [5, 5.41) is 4.38. The largest absolute Gasteiger partial charge is 0.497 e. The van der Waals surface area contributed by atoms with Crippen LogP contribution in [-0.2, 0) is 13.0 Å². The van der Waals surface area contributed by atoms with Gasteiger partial charge in [0.1, 0.15) is 11.4 Å². The molecule has 3 heterocycles. The number of nitrogens with zero attached hydrogens (tertiary/aromatic N) is 3. The van der Waals surface area contributed by atoms with Crippen molar-refractivity contribution in [2.24, 2.45) is 5.92 Å². The van der Waals surface area contributed by atoms with Gasteiger partial charge in [-0.25, -0.2) is 0 Å². The van der Waals surface area contributed by atoms with E-state index in [2.05, 4.69) is 38.8 Å². The molecular formula is C26H31N3O2S. The van der Waals surface area contributed by atoms with Crippen molar-refractivity contribution < 1.29 is 9.53 Å². The zero-order chi connectivity index (χ0) is 22.3. The summed E-state index contributed by atoms with van der Waals surface area (Å²) in [4.78, 5) is 22.0. The Morgan fingerprint density at radius 3 is 2.72 bits per heavy atom. The molecule has 0 spiro atoms. The fourth-order valence-electron chi connectivity index (χ4n) is 4.62. The van der Waals surface area contributed by atoms with Crippen LogP contribution in [0.3, 0.4) is 0 Å². The van der Waals surface area contributed by atoms with Gasteiger partial charge in [-0.05, 0) is 90.5 Å². The van der Waals surface area contributed by atoms with Crippen LogP contribution in [-0.4, -0.2) is 54.0 Å². The number of likely N-dealkylation sites (tertiary alicyclic amines) is 1. The van der Waals surface area contributed by atoms with Crippen LogP contribution in [0, 0.1) is 5.92 Å². The Kier molecular flexibility index (Phi) is 7.55. The van der Waals surface area contributed by atoms with Gasteiger partial charge in [0.15, 0.2) is 0 Å². The Morgan fingerprint density at radius 2 is 2.03 bits per heavy atom. The maximum Gasteiger partial charge on any atom is 0.272 e. The topological polar surface area (TPSA) is 45.7 Å². The van der Waals surface area contributed by atoms with Gasteiger partial charge in [0, 0.05) is 25.8 Å². The molecule has 0 saturated carbocycles. The predicted octanol–water partition coefficient (Wildman–Crippen LogP) is 4.75. The first-order chi connectivity index (χ1) is 15.6. The molecule has 1 amide bonds. The SMILES string of the molecule is COc1cccc(C[C@@H](C2CCN(Cc3ccsc3)CC2)N(C)C(=O)c2ccccn2)c1. The number of amides is 1. The van der Waals surface area contributed by atoms with Crippen LogP contribution >= 0.6 is 11.3 Å². The van der Waals surface area contributed by atoms with E-state index >= 15 is 0 Å². The Bertz CT molecular complexity index is 985. The third kappa shape index (κ3) is 5.56. The van der Waals surface area contributed by atoms with E-state index in [-0.39, 0.29) is 11.9 Å². The summed E-state index contributed by atoms with van der Waals surface area (Å²) >= 11 is 1.76. The van der Waals surface area contributed by atoms with Crippen LogP contribution < -0.4 is 4.74 Å². The molecule has 0 radical (unpaired) electrons. The average molecular weight is 450 g/mol. The minimum atomic E-state index is -0.0146. The van der Waals surface area contributed by atoms with Crippen LogP contribution in [0.2, 0.25) is 0 Å². The van der Waals surface area contributed by atoms with Gasteiger partial charge >= 0.3 is 0 Å². The number of carbonyl (C=O) groups is 1. The molecule has 5 nitrogen and oxygen atoms in total. The number of rotatable bonds is 8. The monoisotopic (exact) mass is 449 g/mol. The van der Waals surface area contributed by atoms with E-state index in [4.69, 9.17) is 4.74 Å². The summed E-state index contributed by atoms with van der Waals surface area (Å²) in [5.41, 5.74) is 3.08. The summed E-state index contributed by atoms with van der Waals surface area (Å²) < 4.78 is 5.43. The van der Waals surface area contributed by atoms with Gasteiger partial charge in [0.25, 0.3) is 5.91 Å². The van der Waals surface area contributed by atoms with Crippen molar-refractivity contribution >= 4 is 17.2 Å². The second-order valence-corrected chi connectivity index (χ2v) is 9.28. The first-order valence-electron chi connectivity index (χ1n) is 11.2. The molecule has 3 aromatic rings. The van der Waals surface area contributed by atoms with Gasteiger partial charge in [-0.1, -0.05) is 18.2 Å². The second kappa shape index (κ2) is 10.7. The lowest BCUT2D eigenvalue weighted by molar-refractivity contribution is 0.0579. The molecule has 0 bridgehead atoms. The molecule has 1 fully saturated rings. The molecule has 1 aliphatic rings. The van der Waals surface area contributed by atoms with Gasteiger partial charge in [-0.3, -0.25) is 14.7 Å². The zero-order valence-electron chi connectivity index (χ0n) is 18.8. The van der Waals surface area contributed by atoms with E-state index in [1.807, 2.05) is 36.2 Å². The molecule has 0 aliphatic carbocycles. The number of aromatic nitrogens is 1. The minimum Gasteiger partial charge on any atom is -0.497 e. The number of likely N-dealkylation sites (N-methyl/N-ethyl adjacent to an activating group) is 1. The van der Waals surface area contributed by atoms with Crippen molar-refractivity contribution in [2.45, 2.75) is 31.8 Å². The average Bonchev–Trinajstić information content (AvgIpc) is 3.36. The highest BCUT2D eigenvalue weighted by atomic mass is 32.1. The van der Waals surface area contributed by atoms with Crippen molar-refractivity contribution in [2.75, 3.05) is 27.2 Å². The first-order valence-corrected chi connectivity index (χ1v) is 12.1. The molecule has 1 atom stereocenters. The molecule has 1 saturated heterocycles. The summed E-state index contributed by atoms with van der Waals surface area (Å²) in [7, 11) is 3.62. The lowest BCUT2D eigenvalue weighted by atomic mass is 9.84. The molecule has 4 rings (SSSR count). The predicted molar refractivity (Wildman–Crippen MR) is 129 cm³/mol. The molecular weight excluding hydrogens is 418 g/mol. The molecule has 0 N–H and O–H groups in total.